The molecule has 0 atom stereocenters. The van der Waals surface area contributed by atoms with Crippen molar-refractivity contribution in [2.45, 2.75) is 44.6 Å². The van der Waals surface area contributed by atoms with Crippen LogP contribution >= 0.6 is 11.3 Å². The number of anilines is 1. The Morgan fingerprint density at radius 3 is 2.46 bits per heavy atom. The van der Waals surface area contributed by atoms with Gasteiger partial charge in [-0.25, -0.2) is 13.1 Å². The van der Waals surface area contributed by atoms with Gasteiger partial charge in [0.15, 0.2) is 0 Å². The Bertz CT molecular complexity index is 829. The van der Waals surface area contributed by atoms with E-state index < -0.39 is 15.9 Å². The van der Waals surface area contributed by atoms with E-state index >= 15 is 0 Å². The highest BCUT2D eigenvalue weighted by molar-refractivity contribution is 7.89. The largest absolute Gasteiger partial charge is 0.296 e. The number of carbonyl (C=O) groups excluding carboxylic acids is 1. The number of benzene rings is 1. The third kappa shape index (κ3) is 4.59. The molecule has 2 rings (SSSR count). The summed E-state index contributed by atoms with van der Waals surface area (Å²) in [6, 6.07) is 5.63. The Morgan fingerprint density at radius 1 is 1.17 bits per heavy atom. The number of nitrogens with zero attached hydrogens (tertiary/aromatic N) is 2. The summed E-state index contributed by atoms with van der Waals surface area (Å²) in [7, 11) is -3.65. The van der Waals surface area contributed by atoms with Gasteiger partial charge in [0.2, 0.25) is 15.2 Å². The number of hydrogen-bond donors (Lipinski definition) is 2. The van der Waals surface area contributed by atoms with Gasteiger partial charge in [-0.1, -0.05) is 31.3 Å². The van der Waals surface area contributed by atoms with Crippen molar-refractivity contribution >= 4 is 32.4 Å². The highest BCUT2D eigenvalue weighted by atomic mass is 32.2. The van der Waals surface area contributed by atoms with Gasteiger partial charge in [-0.3, -0.25) is 10.1 Å². The number of nitrogens with one attached hydrogen (secondary N) is 2. The smallest absolute Gasteiger partial charge is 0.257 e. The first kappa shape index (κ1) is 18.5. The lowest BCUT2D eigenvalue weighted by Gasteiger charge is -2.10. The fourth-order valence-electron chi connectivity index (χ4n) is 1.87. The van der Waals surface area contributed by atoms with E-state index in [1.165, 1.54) is 29.5 Å². The Labute approximate surface area is 145 Å². The van der Waals surface area contributed by atoms with Crippen molar-refractivity contribution in [1.82, 2.24) is 14.9 Å². The normalized spacial score (nSPS) is 11.9. The predicted molar refractivity (Wildman–Crippen MR) is 93.9 cm³/mol. The summed E-state index contributed by atoms with van der Waals surface area (Å²) in [6.45, 7) is 7.44. The van der Waals surface area contributed by atoms with Gasteiger partial charge in [-0.2, -0.15) is 0 Å². The predicted octanol–water partition coefficient (Wildman–Crippen LogP) is 2.60. The zero-order valence-electron chi connectivity index (χ0n) is 13.9. The first-order valence-corrected chi connectivity index (χ1v) is 9.76. The monoisotopic (exact) mass is 368 g/mol. The minimum Gasteiger partial charge on any atom is -0.296 e. The van der Waals surface area contributed by atoms with Crippen LogP contribution in [0, 0.1) is 0 Å². The second kappa shape index (κ2) is 7.37. The van der Waals surface area contributed by atoms with E-state index in [9.17, 15) is 13.2 Å². The summed E-state index contributed by atoms with van der Waals surface area (Å²) in [5.74, 6) is -0.202. The molecule has 0 aliphatic rings. The lowest BCUT2D eigenvalue weighted by Crippen LogP contribution is -2.30. The molecule has 0 saturated heterocycles. The summed E-state index contributed by atoms with van der Waals surface area (Å²) in [5.41, 5.74) is 0.239. The first-order valence-electron chi connectivity index (χ1n) is 7.46. The molecule has 0 bridgehead atoms. The maximum absolute atomic E-state index is 12.3. The van der Waals surface area contributed by atoms with Crippen LogP contribution in [0.5, 0.6) is 0 Å². The van der Waals surface area contributed by atoms with Crippen molar-refractivity contribution in [3.63, 3.8) is 0 Å². The zero-order chi connectivity index (χ0) is 17.9. The van der Waals surface area contributed by atoms with Crippen molar-refractivity contribution in [2.24, 2.45) is 0 Å². The Hall–Kier alpha value is -1.84. The second-order valence-corrected chi connectivity index (χ2v) is 8.58. The minimum absolute atomic E-state index is 0.0454. The fraction of sp³-hybridized carbons (Fsp3) is 0.400. The molecule has 1 aromatic carbocycles. The highest BCUT2D eigenvalue weighted by Gasteiger charge is 2.18. The quantitative estimate of drug-likeness (QED) is 0.816. The van der Waals surface area contributed by atoms with Crippen LogP contribution in [-0.4, -0.2) is 30.6 Å². The average Bonchev–Trinajstić information content (AvgIpc) is 2.95. The Morgan fingerprint density at radius 2 is 1.88 bits per heavy atom. The highest BCUT2D eigenvalue weighted by Crippen LogP contribution is 2.23. The van der Waals surface area contributed by atoms with Gasteiger partial charge >= 0.3 is 0 Å². The molecule has 1 aromatic heterocycles. The van der Waals surface area contributed by atoms with Gasteiger partial charge in [-0.05, 0) is 32.0 Å². The number of sulfonamides is 1. The maximum atomic E-state index is 12.3. The van der Waals surface area contributed by atoms with Crippen molar-refractivity contribution in [3.05, 3.63) is 34.8 Å². The van der Waals surface area contributed by atoms with E-state index in [-0.39, 0.29) is 22.4 Å². The fourth-order valence-corrected chi connectivity index (χ4v) is 3.91. The first-order chi connectivity index (χ1) is 11.2. The number of amides is 1. The van der Waals surface area contributed by atoms with Gasteiger partial charge < -0.3 is 0 Å². The molecule has 0 aliphatic heterocycles. The molecular weight excluding hydrogens is 348 g/mol. The Balaban J connectivity index is 2.19. The van der Waals surface area contributed by atoms with Gasteiger partial charge in [0.25, 0.3) is 5.91 Å². The number of aromatic nitrogens is 2. The minimum atomic E-state index is -3.65. The van der Waals surface area contributed by atoms with Crippen LogP contribution < -0.4 is 10.0 Å². The van der Waals surface area contributed by atoms with E-state index in [2.05, 4.69) is 20.2 Å². The summed E-state index contributed by atoms with van der Waals surface area (Å²) in [6.07, 6.45) is 0. The van der Waals surface area contributed by atoms with Crippen LogP contribution in [0.15, 0.2) is 29.2 Å². The molecular formula is C15H20N4O3S2. The summed E-state index contributed by atoms with van der Waals surface area (Å²) in [4.78, 5) is 12.4. The molecule has 1 heterocycles. The van der Waals surface area contributed by atoms with E-state index in [0.29, 0.717) is 5.13 Å². The number of rotatable bonds is 6. The SMILES string of the molecule is CC(C)NS(=O)(=O)c1cccc(C(=O)Nc2nnc(C(C)C)s2)c1. The molecule has 2 aromatic rings. The third-order valence-electron chi connectivity index (χ3n) is 2.95. The van der Waals surface area contributed by atoms with Gasteiger partial charge in [0.05, 0.1) is 4.90 Å². The van der Waals surface area contributed by atoms with Crippen molar-refractivity contribution < 1.29 is 13.2 Å². The van der Waals surface area contributed by atoms with E-state index in [1.54, 1.807) is 19.9 Å². The van der Waals surface area contributed by atoms with Crippen LogP contribution in [-0.2, 0) is 10.0 Å². The number of carbonyl (C=O) groups is 1. The van der Waals surface area contributed by atoms with Crippen molar-refractivity contribution in [3.8, 4) is 0 Å². The molecule has 7 nitrogen and oxygen atoms in total. The molecule has 24 heavy (non-hydrogen) atoms. The average molecular weight is 368 g/mol. The summed E-state index contributed by atoms with van der Waals surface area (Å²) >= 11 is 1.30. The summed E-state index contributed by atoms with van der Waals surface area (Å²) in [5, 5.41) is 11.8. The van der Waals surface area contributed by atoms with E-state index in [1.807, 2.05) is 13.8 Å². The Kier molecular flexibility index (Phi) is 5.68. The van der Waals surface area contributed by atoms with Crippen molar-refractivity contribution in [1.29, 1.82) is 0 Å². The van der Waals surface area contributed by atoms with Crippen molar-refractivity contribution in [2.75, 3.05) is 5.32 Å². The lowest BCUT2D eigenvalue weighted by molar-refractivity contribution is 0.102. The lowest BCUT2D eigenvalue weighted by atomic mass is 10.2. The van der Waals surface area contributed by atoms with Crippen LogP contribution in [0.4, 0.5) is 5.13 Å². The molecule has 0 aliphatic carbocycles. The molecule has 0 radical (unpaired) electrons. The van der Waals surface area contributed by atoms with Crippen LogP contribution in [0.1, 0.15) is 49.0 Å². The molecule has 9 heteroatoms. The van der Waals surface area contributed by atoms with Gasteiger partial charge in [0.1, 0.15) is 5.01 Å². The standard InChI is InChI=1S/C15H20N4O3S2/c1-9(2)14-17-18-15(23-14)16-13(20)11-6-5-7-12(8-11)24(21,22)19-10(3)4/h5-10,19H,1-4H3,(H,16,18,20). The topological polar surface area (TPSA) is 101 Å². The molecule has 0 unspecified atom stereocenters. The molecule has 130 valence electrons. The van der Waals surface area contributed by atoms with Gasteiger partial charge in [0, 0.05) is 17.5 Å². The molecule has 2 N–H and O–H groups in total. The summed E-state index contributed by atoms with van der Waals surface area (Å²) < 4.78 is 26.9. The van der Waals surface area contributed by atoms with E-state index in [4.69, 9.17) is 0 Å². The molecule has 0 saturated carbocycles. The van der Waals surface area contributed by atoms with Crippen LogP contribution in [0.2, 0.25) is 0 Å². The molecule has 0 spiro atoms. The van der Waals surface area contributed by atoms with Gasteiger partial charge in [-0.15, -0.1) is 10.2 Å². The van der Waals surface area contributed by atoms with Crippen LogP contribution in [0.25, 0.3) is 0 Å². The maximum Gasteiger partial charge on any atom is 0.257 e. The number of hydrogen-bond acceptors (Lipinski definition) is 6. The zero-order valence-corrected chi connectivity index (χ0v) is 15.5. The van der Waals surface area contributed by atoms with E-state index in [0.717, 1.165) is 5.01 Å². The van der Waals surface area contributed by atoms with Crippen LogP contribution in [0.3, 0.4) is 0 Å². The molecule has 1 amide bonds. The second-order valence-electron chi connectivity index (χ2n) is 5.86. The third-order valence-corrected chi connectivity index (χ3v) is 5.75. The molecule has 0 fully saturated rings.